The summed E-state index contributed by atoms with van der Waals surface area (Å²) in [5.74, 6) is 0. The molecule has 1 aromatic heterocycles. The second-order valence-corrected chi connectivity index (χ2v) is 5.22. The van der Waals surface area contributed by atoms with E-state index in [4.69, 9.17) is 5.11 Å². The van der Waals surface area contributed by atoms with Crippen LogP contribution in [0.25, 0.3) is 0 Å². The molecule has 0 radical (unpaired) electrons. The van der Waals surface area contributed by atoms with E-state index < -0.39 is 0 Å². The van der Waals surface area contributed by atoms with E-state index in [0.29, 0.717) is 12.6 Å². The van der Waals surface area contributed by atoms with E-state index in [9.17, 15) is 0 Å². The number of aliphatic hydroxyl groups excluding tert-OH is 1. The van der Waals surface area contributed by atoms with Gasteiger partial charge in [0.25, 0.3) is 0 Å². The highest BCUT2D eigenvalue weighted by Crippen LogP contribution is 2.33. The van der Waals surface area contributed by atoms with Gasteiger partial charge in [-0.25, -0.2) is 0 Å². The summed E-state index contributed by atoms with van der Waals surface area (Å²) >= 11 is 4.79. The van der Waals surface area contributed by atoms with Crippen LogP contribution >= 0.6 is 27.3 Å². The molecule has 0 unspecified atom stereocenters. The van der Waals surface area contributed by atoms with E-state index in [1.54, 1.807) is 0 Å². The molecule has 72 valence electrons. The SMILES string of the molecule is OCCN(c1nnc(Br)s1)C1CC1. The Balaban J connectivity index is 2.10. The van der Waals surface area contributed by atoms with Crippen LogP contribution < -0.4 is 4.90 Å². The molecule has 0 spiro atoms. The second-order valence-electron chi connectivity index (χ2n) is 2.99. The van der Waals surface area contributed by atoms with Gasteiger partial charge in [0.05, 0.1) is 6.61 Å². The molecule has 1 aromatic rings. The summed E-state index contributed by atoms with van der Waals surface area (Å²) < 4.78 is 0.797. The van der Waals surface area contributed by atoms with Crippen molar-refractivity contribution in [3.05, 3.63) is 3.92 Å². The zero-order valence-electron chi connectivity index (χ0n) is 6.98. The van der Waals surface area contributed by atoms with Crippen LogP contribution in [0.5, 0.6) is 0 Å². The van der Waals surface area contributed by atoms with Crippen molar-refractivity contribution in [2.75, 3.05) is 18.1 Å². The highest BCUT2D eigenvalue weighted by molar-refractivity contribution is 9.11. The van der Waals surface area contributed by atoms with Crippen LogP contribution in [0.1, 0.15) is 12.8 Å². The third kappa shape index (κ3) is 2.18. The third-order valence-corrected chi connectivity index (χ3v) is 3.36. The maximum absolute atomic E-state index is 8.88. The molecular weight excluding hydrogens is 254 g/mol. The quantitative estimate of drug-likeness (QED) is 0.889. The van der Waals surface area contributed by atoms with Gasteiger partial charge in [-0.3, -0.25) is 0 Å². The summed E-state index contributed by atoms with van der Waals surface area (Å²) in [4.78, 5) is 2.13. The van der Waals surface area contributed by atoms with Crippen LogP contribution in [0.2, 0.25) is 0 Å². The Kier molecular flexibility index (Phi) is 2.80. The van der Waals surface area contributed by atoms with Gasteiger partial charge in [0, 0.05) is 12.6 Å². The van der Waals surface area contributed by atoms with Crippen LogP contribution in [0, 0.1) is 0 Å². The third-order valence-electron chi connectivity index (χ3n) is 1.96. The molecule has 0 atom stereocenters. The molecule has 1 N–H and O–H groups in total. The maximum atomic E-state index is 8.88. The molecule has 4 nitrogen and oxygen atoms in total. The van der Waals surface area contributed by atoms with E-state index in [0.717, 1.165) is 9.05 Å². The molecule has 2 rings (SSSR count). The molecule has 6 heteroatoms. The summed E-state index contributed by atoms with van der Waals surface area (Å²) in [6.45, 7) is 0.833. The number of anilines is 1. The zero-order valence-corrected chi connectivity index (χ0v) is 9.38. The van der Waals surface area contributed by atoms with Crippen LogP contribution in [0.3, 0.4) is 0 Å². The Bertz CT molecular complexity index is 289. The highest BCUT2D eigenvalue weighted by atomic mass is 79.9. The van der Waals surface area contributed by atoms with Gasteiger partial charge in [-0.15, -0.1) is 10.2 Å². The van der Waals surface area contributed by atoms with Crippen molar-refractivity contribution < 1.29 is 5.11 Å². The fourth-order valence-corrected chi connectivity index (χ4v) is 2.43. The molecule has 13 heavy (non-hydrogen) atoms. The van der Waals surface area contributed by atoms with Crippen molar-refractivity contribution in [2.24, 2.45) is 0 Å². The zero-order chi connectivity index (χ0) is 9.26. The van der Waals surface area contributed by atoms with Crippen molar-refractivity contribution in [2.45, 2.75) is 18.9 Å². The highest BCUT2D eigenvalue weighted by Gasteiger charge is 2.30. The summed E-state index contributed by atoms with van der Waals surface area (Å²) in [5, 5.41) is 17.7. The topological polar surface area (TPSA) is 49.2 Å². The normalized spacial score (nSPS) is 16.2. The summed E-state index contributed by atoms with van der Waals surface area (Å²) in [6.07, 6.45) is 2.41. The van der Waals surface area contributed by atoms with Crippen LogP contribution in [-0.2, 0) is 0 Å². The van der Waals surface area contributed by atoms with Crippen molar-refractivity contribution in [3.63, 3.8) is 0 Å². The number of rotatable bonds is 4. The van der Waals surface area contributed by atoms with Gasteiger partial charge < -0.3 is 10.0 Å². The Hall–Kier alpha value is -0.200. The number of halogens is 1. The molecule has 0 saturated heterocycles. The predicted molar refractivity (Wildman–Crippen MR) is 55.1 cm³/mol. The average Bonchev–Trinajstić information content (AvgIpc) is 2.85. The van der Waals surface area contributed by atoms with Crippen LogP contribution in [0.15, 0.2) is 3.92 Å². The number of aliphatic hydroxyl groups is 1. The number of aromatic nitrogens is 2. The minimum absolute atomic E-state index is 0.174. The van der Waals surface area contributed by atoms with Crippen molar-refractivity contribution in [1.82, 2.24) is 10.2 Å². The largest absolute Gasteiger partial charge is 0.395 e. The van der Waals surface area contributed by atoms with Crippen LogP contribution in [0.4, 0.5) is 5.13 Å². The molecule has 1 heterocycles. The Labute approximate surface area is 88.7 Å². The fourth-order valence-electron chi connectivity index (χ4n) is 1.24. The van der Waals surface area contributed by atoms with E-state index in [2.05, 4.69) is 31.0 Å². The van der Waals surface area contributed by atoms with E-state index in [1.807, 2.05) is 0 Å². The molecular formula is C7H10BrN3OS. The minimum atomic E-state index is 0.174. The molecule has 0 aliphatic heterocycles. The Morgan fingerprint density at radius 2 is 2.31 bits per heavy atom. The first-order valence-corrected chi connectivity index (χ1v) is 5.78. The average molecular weight is 264 g/mol. The summed E-state index contributed by atoms with van der Waals surface area (Å²) in [7, 11) is 0. The first-order valence-electron chi connectivity index (χ1n) is 4.18. The monoisotopic (exact) mass is 263 g/mol. The standard InChI is InChI=1S/C7H10BrN3OS/c8-6-9-10-7(13-6)11(3-4-12)5-1-2-5/h5,12H,1-4H2. The summed E-state index contributed by atoms with van der Waals surface area (Å²) in [6, 6.07) is 0.576. The molecule has 1 saturated carbocycles. The molecule has 0 amide bonds. The van der Waals surface area contributed by atoms with Crippen molar-refractivity contribution >= 4 is 32.4 Å². The number of nitrogens with zero attached hydrogens (tertiary/aromatic N) is 3. The van der Waals surface area contributed by atoms with Gasteiger partial charge in [0.15, 0.2) is 3.92 Å². The Morgan fingerprint density at radius 1 is 1.54 bits per heavy atom. The lowest BCUT2D eigenvalue weighted by atomic mass is 10.5. The fraction of sp³-hybridized carbons (Fsp3) is 0.714. The smallest absolute Gasteiger partial charge is 0.209 e. The van der Waals surface area contributed by atoms with Gasteiger partial charge in [-0.05, 0) is 28.8 Å². The van der Waals surface area contributed by atoms with Crippen molar-refractivity contribution in [3.8, 4) is 0 Å². The maximum Gasteiger partial charge on any atom is 0.209 e. The van der Waals surface area contributed by atoms with Crippen molar-refractivity contribution in [1.29, 1.82) is 0 Å². The Morgan fingerprint density at radius 3 is 2.77 bits per heavy atom. The molecule has 1 aliphatic carbocycles. The lowest BCUT2D eigenvalue weighted by Gasteiger charge is -2.18. The van der Waals surface area contributed by atoms with Gasteiger partial charge in [0.2, 0.25) is 5.13 Å². The number of hydrogen-bond acceptors (Lipinski definition) is 5. The lowest BCUT2D eigenvalue weighted by Crippen LogP contribution is -2.28. The first kappa shape index (κ1) is 9.36. The second kappa shape index (κ2) is 3.89. The molecule has 0 bridgehead atoms. The van der Waals surface area contributed by atoms with E-state index in [1.165, 1.54) is 24.2 Å². The first-order chi connectivity index (χ1) is 6.31. The molecule has 0 aromatic carbocycles. The van der Waals surface area contributed by atoms with Gasteiger partial charge in [-0.2, -0.15) is 0 Å². The molecule has 1 fully saturated rings. The number of hydrogen-bond donors (Lipinski definition) is 1. The lowest BCUT2D eigenvalue weighted by molar-refractivity contribution is 0.301. The predicted octanol–water partition coefficient (Wildman–Crippen LogP) is 1.26. The van der Waals surface area contributed by atoms with E-state index >= 15 is 0 Å². The van der Waals surface area contributed by atoms with E-state index in [-0.39, 0.29) is 6.61 Å². The van der Waals surface area contributed by atoms with Gasteiger partial charge >= 0.3 is 0 Å². The summed E-state index contributed by atoms with van der Waals surface area (Å²) in [5.41, 5.74) is 0. The molecule has 1 aliphatic rings. The minimum Gasteiger partial charge on any atom is -0.395 e. The van der Waals surface area contributed by atoms with Gasteiger partial charge in [0.1, 0.15) is 0 Å². The van der Waals surface area contributed by atoms with Gasteiger partial charge in [-0.1, -0.05) is 11.3 Å². The van der Waals surface area contributed by atoms with Crippen LogP contribution in [-0.4, -0.2) is 34.5 Å².